The number of piperidine rings is 2. The Morgan fingerprint density at radius 1 is 0.966 bits per heavy atom. The summed E-state index contributed by atoms with van der Waals surface area (Å²) in [7, 11) is 2.12. The molecular weight excluding hydrogens is 368 g/mol. The van der Waals surface area contributed by atoms with Crippen LogP contribution in [0.3, 0.4) is 0 Å². The molecule has 0 aliphatic carbocycles. The summed E-state index contributed by atoms with van der Waals surface area (Å²) in [5.74, 6) is 0.648. The lowest BCUT2D eigenvalue weighted by Gasteiger charge is -2.43. The average molecular weight is 403 g/mol. The van der Waals surface area contributed by atoms with Crippen LogP contribution in [0.4, 0.5) is 0 Å². The molecule has 29 heavy (non-hydrogen) atoms. The van der Waals surface area contributed by atoms with Crippen LogP contribution in [-0.2, 0) is 16.1 Å². The Balaban J connectivity index is 1.25. The number of nitrogens with zero attached hydrogens (tertiary/aromatic N) is 6. The Bertz CT molecular complexity index is 677. The van der Waals surface area contributed by atoms with Gasteiger partial charge < -0.3 is 14.7 Å². The van der Waals surface area contributed by atoms with Crippen molar-refractivity contribution in [2.45, 2.75) is 38.3 Å². The monoisotopic (exact) mass is 402 g/mol. The molecule has 0 spiro atoms. The van der Waals surface area contributed by atoms with E-state index in [4.69, 9.17) is 0 Å². The largest absolute Gasteiger partial charge is 0.341 e. The maximum atomic E-state index is 13.0. The molecule has 3 aliphatic heterocycles. The molecular formula is C21H34N6O2. The summed E-state index contributed by atoms with van der Waals surface area (Å²) in [4.78, 5) is 34.3. The molecule has 1 atom stereocenters. The van der Waals surface area contributed by atoms with Crippen LogP contribution in [0.2, 0.25) is 0 Å². The molecule has 0 aromatic carbocycles. The Kier molecular flexibility index (Phi) is 6.50. The van der Waals surface area contributed by atoms with Gasteiger partial charge in [-0.15, -0.1) is 0 Å². The summed E-state index contributed by atoms with van der Waals surface area (Å²) in [6, 6.07) is 2.34. The molecule has 0 radical (unpaired) electrons. The van der Waals surface area contributed by atoms with Crippen molar-refractivity contribution in [1.82, 2.24) is 29.4 Å². The minimum Gasteiger partial charge on any atom is -0.341 e. The smallest absolute Gasteiger partial charge is 0.244 e. The number of rotatable bonds is 4. The van der Waals surface area contributed by atoms with Gasteiger partial charge in [0.2, 0.25) is 11.8 Å². The van der Waals surface area contributed by atoms with Crippen LogP contribution >= 0.6 is 0 Å². The number of carbonyl (C=O) groups is 2. The summed E-state index contributed by atoms with van der Waals surface area (Å²) in [6.07, 6.45) is 7.65. The number of likely N-dealkylation sites (N-methyl/N-ethyl adjacent to an activating group) is 1. The maximum absolute atomic E-state index is 13.0. The third-order valence-corrected chi connectivity index (χ3v) is 6.81. The number of amides is 2. The SMILES string of the molecule is CN1CCN(C(=O)C2CCCN(C3CCN(C(=O)Cn4cccn4)CC3)C2)CC1. The number of aromatic nitrogens is 2. The van der Waals surface area contributed by atoms with E-state index in [1.807, 2.05) is 17.2 Å². The van der Waals surface area contributed by atoms with Gasteiger partial charge in [-0.2, -0.15) is 5.10 Å². The minimum atomic E-state index is 0.145. The number of hydrogen-bond acceptors (Lipinski definition) is 5. The van der Waals surface area contributed by atoms with Gasteiger partial charge in [-0.05, 0) is 45.3 Å². The fraction of sp³-hybridized carbons (Fsp3) is 0.762. The van der Waals surface area contributed by atoms with Crippen LogP contribution in [0.15, 0.2) is 18.5 Å². The van der Waals surface area contributed by atoms with Gasteiger partial charge in [0.05, 0.1) is 5.92 Å². The van der Waals surface area contributed by atoms with Crippen molar-refractivity contribution < 1.29 is 9.59 Å². The average Bonchev–Trinajstić information content (AvgIpc) is 3.27. The van der Waals surface area contributed by atoms with Crippen LogP contribution in [-0.4, -0.2) is 107 Å². The molecule has 3 aliphatic rings. The van der Waals surface area contributed by atoms with Crippen LogP contribution in [0, 0.1) is 5.92 Å². The number of hydrogen-bond donors (Lipinski definition) is 0. The standard InChI is InChI=1S/C21H34N6O2/c1-23-12-14-25(15-13-23)21(29)18-4-2-8-26(16-18)19-5-10-24(11-6-19)20(28)17-27-9-3-7-22-27/h3,7,9,18-19H,2,4-6,8,10-17H2,1H3. The molecule has 3 fully saturated rings. The molecule has 2 amide bonds. The Morgan fingerprint density at radius 3 is 2.41 bits per heavy atom. The molecule has 1 aromatic rings. The van der Waals surface area contributed by atoms with Gasteiger partial charge in [-0.3, -0.25) is 19.2 Å². The predicted octanol–water partition coefficient (Wildman–Crippen LogP) is 0.360. The second kappa shape index (κ2) is 9.26. The molecule has 3 saturated heterocycles. The first kappa shape index (κ1) is 20.3. The number of piperazine rings is 1. The Morgan fingerprint density at radius 2 is 1.72 bits per heavy atom. The first-order chi connectivity index (χ1) is 14.1. The van der Waals surface area contributed by atoms with Crippen molar-refractivity contribution in [3.63, 3.8) is 0 Å². The van der Waals surface area contributed by atoms with Gasteiger partial charge in [-0.1, -0.05) is 0 Å². The molecule has 4 heterocycles. The van der Waals surface area contributed by atoms with E-state index in [2.05, 4.69) is 26.8 Å². The number of likely N-dealkylation sites (tertiary alicyclic amines) is 2. The second-order valence-corrected chi connectivity index (χ2v) is 8.78. The van der Waals surface area contributed by atoms with E-state index in [0.717, 1.165) is 78.0 Å². The topological polar surface area (TPSA) is 64.9 Å². The quantitative estimate of drug-likeness (QED) is 0.728. The van der Waals surface area contributed by atoms with E-state index in [1.165, 1.54) is 0 Å². The highest BCUT2D eigenvalue weighted by atomic mass is 16.2. The lowest BCUT2D eigenvalue weighted by Crippen LogP contribution is -2.54. The fourth-order valence-corrected chi connectivity index (χ4v) is 4.94. The summed E-state index contributed by atoms with van der Waals surface area (Å²) < 4.78 is 1.69. The van der Waals surface area contributed by atoms with Crippen LogP contribution < -0.4 is 0 Å². The zero-order valence-electron chi connectivity index (χ0n) is 17.6. The molecule has 0 bridgehead atoms. The second-order valence-electron chi connectivity index (χ2n) is 8.78. The van der Waals surface area contributed by atoms with E-state index in [1.54, 1.807) is 10.9 Å². The van der Waals surface area contributed by atoms with E-state index in [0.29, 0.717) is 18.5 Å². The van der Waals surface area contributed by atoms with Crippen LogP contribution in [0.25, 0.3) is 0 Å². The minimum absolute atomic E-state index is 0.145. The van der Waals surface area contributed by atoms with Crippen molar-refractivity contribution in [2.24, 2.45) is 5.92 Å². The zero-order chi connectivity index (χ0) is 20.2. The van der Waals surface area contributed by atoms with Gasteiger partial charge in [0.25, 0.3) is 0 Å². The molecule has 1 unspecified atom stereocenters. The summed E-state index contributed by atoms with van der Waals surface area (Å²) in [5.41, 5.74) is 0. The van der Waals surface area contributed by atoms with Gasteiger partial charge >= 0.3 is 0 Å². The van der Waals surface area contributed by atoms with Crippen molar-refractivity contribution in [3.8, 4) is 0 Å². The first-order valence-corrected chi connectivity index (χ1v) is 11.1. The highest BCUT2D eigenvalue weighted by Crippen LogP contribution is 2.25. The van der Waals surface area contributed by atoms with E-state index < -0.39 is 0 Å². The summed E-state index contributed by atoms with van der Waals surface area (Å²) in [6.45, 7) is 7.58. The number of carbonyl (C=O) groups excluding carboxylic acids is 2. The molecule has 0 N–H and O–H groups in total. The van der Waals surface area contributed by atoms with Gasteiger partial charge in [0.15, 0.2) is 0 Å². The molecule has 8 heteroatoms. The highest BCUT2D eigenvalue weighted by molar-refractivity contribution is 5.79. The molecule has 160 valence electrons. The van der Waals surface area contributed by atoms with Crippen LogP contribution in [0.1, 0.15) is 25.7 Å². The third kappa shape index (κ3) is 4.98. The van der Waals surface area contributed by atoms with E-state index in [9.17, 15) is 9.59 Å². The predicted molar refractivity (Wildman–Crippen MR) is 110 cm³/mol. The molecule has 8 nitrogen and oxygen atoms in total. The zero-order valence-corrected chi connectivity index (χ0v) is 17.6. The lowest BCUT2D eigenvalue weighted by molar-refractivity contribution is -0.139. The summed E-state index contributed by atoms with van der Waals surface area (Å²) in [5, 5.41) is 4.13. The molecule has 4 rings (SSSR count). The van der Waals surface area contributed by atoms with E-state index >= 15 is 0 Å². The lowest BCUT2D eigenvalue weighted by atomic mass is 9.92. The molecule has 1 aromatic heterocycles. The van der Waals surface area contributed by atoms with Crippen LogP contribution in [0.5, 0.6) is 0 Å². The van der Waals surface area contributed by atoms with Crippen molar-refractivity contribution in [1.29, 1.82) is 0 Å². The van der Waals surface area contributed by atoms with Gasteiger partial charge in [-0.25, -0.2) is 0 Å². The summed E-state index contributed by atoms with van der Waals surface area (Å²) >= 11 is 0. The highest BCUT2D eigenvalue weighted by Gasteiger charge is 2.34. The molecule has 0 saturated carbocycles. The maximum Gasteiger partial charge on any atom is 0.244 e. The first-order valence-electron chi connectivity index (χ1n) is 11.1. The Labute approximate surface area is 173 Å². The van der Waals surface area contributed by atoms with Crippen molar-refractivity contribution in [2.75, 3.05) is 59.4 Å². The van der Waals surface area contributed by atoms with Crippen molar-refractivity contribution in [3.05, 3.63) is 18.5 Å². The Hall–Kier alpha value is -1.93. The third-order valence-electron chi connectivity index (χ3n) is 6.81. The van der Waals surface area contributed by atoms with Gasteiger partial charge in [0.1, 0.15) is 6.54 Å². The fourth-order valence-electron chi connectivity index (χ4n) is 4.94. The normalized spacial score (nSPS) is 25.3. The van der Waals surface area contributed by atoms with Crippen molar-refractivity contribution >= 4 is 11.8 Å². The van der Waals surface area contributed by atoms with Gasteiger partial charge in [0, 0.05) is 64.2 Å². The van der Waals surface area contributed by atoms with E-state index in [-0.39, 0.29) is 11.8 Å².